The Balaban J connectivity index is 0.905. The van der Waals surface area contributed by atoms with Crippen molar-refractivity contribution in [1.82, 2.24) is 9.80 Å². The zero-order valence-electron chi connectivity index (χ0n) is 32.3. The second-order valence-electron chi connectivity index (χ2n) is 19.8. The molecule has 3 saturated heterocycles. The van der Waals surface area contributed by atoms with Crippen molar-refractivity contribution in [1.29, 1.82) is 0 Å². The number of likely N-dealkylation sites (tertiary alicyclic amines) is 1. The summed E-state index contributed by atoms with van der Waals surface area (Å²) in [4.78, 5) is 17.1. The Morgan fingerprint density at radius 2 is 1.74 bits per heavy atom. The lowest BCUT2D eigenvalue weighted by molar-refractivity contribution is -0.246. The van der Waals surface area contributed by atoms with Crippen molar-refractivity contribution in [2.24, 2.45) is 51.2 Å². The fraction of sp³-hybridized carbons (Fsp3) is 0.976. The third kappa shape index (κ3) is 5.85. The Hall–Kier alpha value is -0.810. The van der Waals surface area contributed by atoms with Gasteiger partial charge in [-0.3, -0.25) is 9.69 Å². The van der Waals surface area contributed by atoms with Crippen LogP contribution >= 0.6 is 0 Å². The quantitative estimate of drug-likeness (QED) is 0.296. The normalized spacial score (nSPS) is 46.4. The fourth-order valence-corrected chi connectivity index (χ4v) is 14.2. The number of fused-ring (bicyclic) bond motifs is 4. The minimum atomic E-state index is -1.14. The highest BCUT2D eigenvalue weighted by atomic mass is 16.7. The van der Waals surface area contributed by atoms with Crippen molar-refractivity contribution in [2.45, 2.75) is 142 Å². The number of nitrogens with zero attached hydrogens (tertiary/aromatic N) is 2. The molecule has 2 spiro atoms. The van der Waals surface area contributed by atoms with Crippen LogP contribution in [0.1, 0.15) is 106 Å². The molecular formula is C41H68N2O7. The third-order valence-electron chi connectivity index (χ3n) is 16.5. The number of morpholine rings is 1. The van der Waals surface area contributed by atoms with E-state index in [-0.39, 0.29) is 36.0 Å². The molecule has 1 N–H and O–H groups in total. The molecule has 3 heterocycles. The molecule has 12 unspecified atom stereocenters. The Labute approximate surface area is 301 Å². The van der Waals surface area contributed by atoms with E-state index in [0.29, 0.717) is 34.0 Å². The van der Waals surface area contributed by atoms with Gasteiger partial charge in [0.2, 0.25) is 0 Å². The Morgan fingerprint density at radius 3 is 2.48 bits per heavy atom. The van der Waals surface area contributed by atoms with Gasteiger partial charge in [-0.15, -0.1) is 0 Å². The first-order valence-electron chi connectivity index (χ1n) is 20.5. The highest BCUT2D eigenvalue weighted by molar-refractivity contribution is 5.66. The molecule has 0 bridgehead atoms. The van der Waals surface area contributed by atoms with E-state index >= 15 is 0 Å². The van der Waals surface area contributed by atoms with Crippen LogP contribution < -0.4 is 0 Å². The summed E-state index contributed by atoms with van der Waals surface area (Å²) in [7, 11) is 1.79. The average Bonchev–Trinajstić information content (AvgIpc) is 3.61. The standard InChI is InChI=1S/C41H68N2O7/c1-26(44)48-36(38(4,5)45)31-10-8-29-32(49-31)20-30-28-9-11-33-37(2,3)34(12-13-41(33)25-40(28,41)15-14-39(29,30)6)50-35-24-43(17-19-47-35)23-27-21-42(22-27)16-18-46-7/h27-36,45H,8-25H2,1-7H3. The van der Waals surface area contributed by atoms with Crippen LogP contribution in [0.4, 0.5) is 0 Å². The summed E-state index contributed by atoms with van der Waals surface area (Å²) in [6.07, 6.45) is 11.7. The summed E-state index contributed by atoms with van der Waals surface area (Å²) in [5.74, 6) is 3.15. The molecule has 9 nitrogen and oxygen atoms in total. The van der Waals surface area contributed by atoms with Crippen molar-refractivity contribution >= 4 is 5.97 Å². The Kier molecular flexibility index (Phi) is 9.34. The molecule has 0 aromatic rings. The predicted octanol–water partition coefficient (Wildman–Crippen LogP) is 5.52. The van der Waals surface area contributed by atoms with E-state index in [9.17, 15) is 9.90 Å². The summed E-state index contributed by atoms with van der Waals surface area (Å²) in [5.41, 5.74) is 0.271. The molecular weight excluding hydrogens is 632 g/mol. The molecule has 8 fully saturated rings. The number of esters is 1. The highest BCUT2D eigenvalue weighted by Crippen LogP contribution is 2.87. The number of carbonyl (C=O) groups excluding carboxylic acids is 1. The third-order valence-corrected chi connectivity index (χ3v) is 16.5. The topological polar surface area (TPSA) is 89.9 Å². The summed E-state index contributed by atoms with van der Waals surface area (Å²) in [6, 6.07) is 0. The van der Waals surface area contributed by atoms with Crippen molar-refractivity contribution in [3.05, 3.63) is 0 Å². The van der Waals surface area contributed by atoms with Crippen LogP contribution in [0.5, 0.6) is 0 Å². The van der Waals surface area contributed by atoms with E-state index in [2.05, 4.69) is 30.6 Å². The second kappa shape index (κ2) is 12.9. The molecule has 0 aromatic heterocycles. The molecule has 3 aliphatic heterocycles. The molecule has 0 amide bonds. The first-order chi connectivity index (χ1) is 23.7. The number of aliphatic hydroxyl groups is 1. The lowest BCUT2D eigenvalue weighted by Gasteiger charge is -2.60. The molecule has 8 rings (SSSR count). The summed E-state index contributed by atoms with van der Waals surface area (Å²) < 4.78 is 31.1. The number of hydrogen-bond donors (Lipinski definition) is 1. The van der Waals surface area contributed by atoms with Crippen LogP contribution in [0.3, 0.4) is 0 Å². The van der Waals surface area contributed by atoms with Crippen LogP contribution in [0.2, 0.25) is 0 Å². The smallest absolute Gasteiger partial charge is 0.303 e. The highest BCUT2D eigenvalue weighted by Gasteiger charge is 2.80. The van der Waals surface area contributed by atoms with Crippen LogP contribution in [0.15, 0.2) is 0 Å². The fourth-order valence-electron chi connectivity index (χ4n) is 14.2. The van der Waals surface area contributed by atoms with Crippen molar-refractivity contribution in [2.75, 3.05) is 59.6 Å². The Morgan fingerprint density at radius 1 is 0.960 bits per heavy atom. The lowest BCUT2D eigenvalue weighted by atomic mass is 9.46. The largest absolute Gasteiger partial charge is 0.457 e. The molecule has 12 atom stereocenters. The van der Waals surface area contributed by atoms with Crippen LogP contribution in [0, 0.1) is 51.2 Å². The molecule has 50 heavy (non-hydrogen) atoms. The van der Waals surface area contributed by atoms with E-state index in [1.807, 2.05) is 0 Å². The monoisotopic (exact) mass is 701 g/mol. The first kappa shape index (κ1) is 36.2. The number of carbonyl (C=O) groups is 1. The maximum Gasteiger partial charge on any atom is 0.303 e. The van der Waals surface area contributed by atoms with Gasteiger partial charge in [-0.1, -0.05) is 20.8 Å². The second-order valence-corrected chi connectivity index (χ2v) is 19.8. The van der Waals surface area contributed by atoms with Crippen molar-refractivity contribution < 1.29 is 33.6 Å². The van der Waals surface area contributed by atoms with Crippen LogP contribution in [0.25, 0.3) is 0 Å². The predicted molar refractivity (Wildman–Crippen MR) is 190 cm³/mol. The van der Waals surface area contributed by atoms with E-state index in [0.717, 1.165) is 76.9 Å². The number of hydrogen-bond acceptors (Lipinski definition) is 9. The zero-order valence-corrected chi connectivity index (χ0v) is 32.3. The van der Waals surface area contributed by atoms with Gasteiger partial charge in [0.25, 0.3) is 0 Å². The lowest BCUT2D eigenvalue weighted by Crippen LogP contribution is -2.57. The van der Waals surface area contributed by atoms with E-state index in [1.54, 1.807) is 21.0 Å². The van der Waals surface area contributed by atoms with Gasteiger partial charge in [-0.25, -0.2) is 0 Å². The van der Waals surface area contributed by atoms with Gasteiger partial charge < -0.3 is 33.7 Å². The van der Waals surface area contributed by atoms with Crippen molar-refractivity contribution in [3.8, 4) is 0 Å². The number of rotatable bonds is 10. The maximum atomic E-state index is 12.0. The minimum Gasteiger partial charge on any atom is -0.457 e. The Bertz CT molecular complexity index is 1270. The number of ether oxygens (including phenoxy) is 5. The van der Waals surface area contributed by atoms with Gasteiger partial charge in [-0.2, -0.15) is 0 Å². The van der Waals surface area contributed by atoms with Crippen LogP contribution in [-0.4, -0.2) is 117 Å². The molecule has 5 aliphatic carbocycles. The molecule has 8 aliphatic rings. The van der Waals surface area contributed by atoms with Crippen molar-refractivity contribution in [3.63, 3.8) is 0 Å². The molecule has 0 aromatic carbocycles. The van der Waals surface area contributed by atoms with Crippen LogP contribution in [-0.2, 0) is 28.5 Å². The molecule has 5 saturated carbocycles. The van der Waals surface area contributed by atoms with Gasteiger partial charge in [0.1, 0.15) is 0 Å². The first-order valence-corrected chi connectivity index (χ1v) is 20.5. The number of methoxy groups -OCH3 is 1. The molecule has 9 heteroatoms. The minimum absolute atomic E-state index is 0.117. The summed E-state index contributed by atoms with van der Waals surface area (Å²) >= 11 is 0. The van der Waals surface area contributed by atoms with E-state index in [4.69, 9.17) is 23.7 Å². The summed E-state index contributed by atoms with van der Waals surface area (Å²) in [6.45, 7) is 20.6. The SMILES string of the molecule is COCCN1CC(CN2CCOC(OC3CCC45CC46CCC4(C)C7CCC(C(OC(C)=O)C(C)(C)O)OC7CC4C6CCC5C3(C)C)C2)C1. The summed E-state index contributed by atoms with van der Waals surface area (Å²) in [5, 5.41) is 10.9. The average molecular weight is 701 g/mol. The molecule has 284 valence electrons. The van der Waals surface area contributed by atoms with Gasteiger partial charge in [0, 0.05) is 53.3 Å². The van der Waals surface area contributed by atoms with Gasteiger partial charge in [0.15, 0.2) is 12.4 Å². The zero-order chi connectivity index (χ0) is 35.3. The van der Waals surface area contributed by atoms with Gasteiger partial charge >= 0.3 is 5.97 Å². The maximum absolute atomic E-state index is 12.0. The van der Waals surface area contributed by atoms with Gasteiger partial charge in [0.05, 0.1) is 37.1 Å². The van der Waals surface area contributed by atoms with E-state index < -0.39 is 11.7 Å². The van der Waals surface area contributed by atoms with Gasteiger partial charge in [-0.05, 0) is 129 Å². The molecule has 0 radical (unpaired) electrons. The van der Waals surface area contributed by atoms with E-state index in [1.165, 1.54) is 58.5 Å².